The minimum Gasteiger partial charge on any atom is -0.462 e. The molecule has 4 rings (SSSR count). The third-order valence-corrected chi connectivity index (χ3v) is 6.32. The molecule has 3 N–H and O–H groups in total. The van der Waals surface area contributed by atoms with E-state index in [-0.39, 0.29) is 6.61 Å². The van der Waals surface area contributed by atoms with E-state index in [1.165, 1.54) is 24.3 Å². The predicted molar refractivity (Wildman–Crippen MR) is 119 cm³/mol. The summed E-state index contributed by atoms with van der Waals surface area (Å²) in [5.41, 5.74) is -0.0411. The number of ether oxygens (including phenoxy) is 1. The van der Waals surface area contributed by atoms with Crippen LogP contribution in [0.1, 0.15) is 25.3 Å². The van der Waals surface area contributed by atoms with E-state index in [9.17, 15) is 18.8 Å². The molecule has 1 atom stereocenters. The number of amides is 2. The maximum atomic E-state index is 13.1. The number of esters is 1. The van der Waals surface area contributed by atoms with Gasteiger partial charge in [-0.15, -0.1) is 0 Å². The Hall–Kier alpha value is -3.33. The van der Waals surface area contributed by atoms with Gasteiger partial charge in [-0.2, -0.15) is 0 Å². The van der Waals surface area contributed by atoms with E-state index < -0.39 is 34.5 Å². The molecule has 1 unspecified atom stereocenters. The van der Waals surface area contributed by atoms with Gasteiger partial charge in [-0.25, -0.2) is 9.18 Å². The summed E-state index contributed by atoms with van der Waals surface area (Å²) < 4.78 is 18.3. The summed E-state index contributed by atoms with van der Waals surface area (Å²) in [6, 6.07) is 14.6. The number of halogens is 1. The van der Waals surface area contributed by atoms with E-state index in [2.05, 4.69) is 16.0 Å². The first-order valence-electron chi connectivity index (χ1n) is 10.2. The van der Waals surface area contributed by atoms with Crippen LogP contribution in [0.2, 0.25) is 0 Å². The van der Waals surface area contributed by atoms with Gasteiger partial charge in [0.05, 0.1) is 12.3 Å². The average Bonchev–Trinajstić information content (AvgIpc) is 3.51. The number of carbonyl (C=O) groups excluding carboxylic acids is 3. The van der Waals surface area contributed by atoms with Crippen LogP contribution in [-0.2, 0) is 19.1 Å². The Kier molecular flexibility index (Phi) is 6.18. The van der Waals surface area contributed by atoms with Crippen LogP contribution in [0, 0.1) is 11.2 Å². The van der Waals surface area contributed by atoms with Crippen molar-refractivity contribution >= 4 is 40.9 Å². The van der Waals surface area contributed by atoms with Crippen LogP contribution in [0.25, 0.3) is 5.70 Å². The molecule has 0 bridgehead atoms. The van der Waals surface area contributed by atoms with Crippen molar-refractivity contribution in [2.75, 3.05) is 11.9 Å². The molecule has 2 aromatic carbocycles. The van der Waals surface area contributed by atoms with Gasteiger partial charge in [0.2, 0.25) is 11.8 Å². The van der Waals surface area contributed by atoms with E-state index >= 15 is 0 Å². The lowest BCUT2D eigenvalue weighted by Gasteiger charge is -2.19. The van der Waals surface area contributed by atoms with Gasteiger partial charge in [-0.1, -0.05) is 42.1 Å². The molecule has 0 saturated heterocycles. The van der Waals surface area contributed by atoms with Gasteiger partial charge in [0.15, 0.2) is 5.50 Å². The summed E-state index contributed by atoms with van der Waals surface area (Å²) in [6.07, 6.45) is 0.819. The molecule has 1 heterocycles. The number of hydrogen-bond acceptors (Lipinski definition) is 6. The first-order chi connectivity index (χ1) is 15.4. The van der Waals surface area contributed by atoms with Crippen LogP contribution < -0.4 is 16.0 Å². The standard InChI is InChI=1S/C23H22FN3O4S/c1-2-31-19(28)18-17(14-6-4-3-5-7-14)26-22(32-18)27-21(30)23(12-13-23)20(29)25-16-10-8-15(24)9-11-16/h3-11,22,26H,2,12-13H2,1H3,(H,25,29)(H,27,30). The second kappa shape index (κ2) is 9.04. The van der Waals surface area contributed by atoms with E-state index in [1.54, 1.807) is 6.92 Å². The number of carbonyl (C=O) groups is 3. The molecule has 2 amide bonds. The fraction of sp³-hybridized carbons (Fsp3) is 0.261. The largest absolute Gasteiger partial charge is 0.462 e. The topological polar surface area (TPSA) is 96.5 Å². The van der Waals surface area contributed by atoms with Crippen molar-refractivity contribution < 1.29 is 23.5 Å². The first-order valence-corrected chi connectivity index (χ1v) is 11.1. The van der Waals surface area contributed by atoms with Crippen molar-refractivity contribution in [3.63, 3.8) is 0 Å². The van der Waals surface area contributed by atoms with Crippen molar-refractivity contribution in [1.29, 1.82) is 0 Å². The summed E-state index contributed by atoms with van der Waals surface area (Å²) in [5.74, 6) is -1.76. The molecule has 2 aromatic rings. The van der Waals surface area contributed by atoms with Crippen LogP contribution in [0.4, 0.5) is 10.1 Å². The number of hydrogen-bond donors (Lipinski definition) is 3. The number of nitrogens with one attached hydrogen (secondary N) is 3. The molecule has 9 heteroatoms. The fourth-order valence-corrected chi connectivity index (χ4v) is 4.39. The molecule has 1 aliphatic carbocycles. The summed E-state index contributed by atoms with van der Waals surface area (Å²) in [4.78, 5) is 38.6. The van der Waals surface area contributed by atoms with Crippen molar-refractivity contribution in [3.8, 4) is 0 Å². The Labute approximate surface area is 188 Å². The minimum atomic E-state index is -1.18. The lowest BCUT2D eigenvalue weighted by molar-refractivity contribution is -0.138. The first kappa shape index (κ1) is 21.9. The number of benzene rings is 2. The van der Waals surface area contributed by atoms with E-state index in [4.69, 9.17) is 4.74 Å². The molecule has 2 aliphatic rings. The molecule has 1 fully saturated rings. The summed E-state index contributed by atoms with van der Waals surface area (Å²) >= 11 is 1.14. The molecular formula is C23H22FN3O4S. The van der Waals surface area contributed by atoms with E-state index in [0.717, 1.165) is 17.3 Å². The van der Waals surface area contributed by atoms with Gasteiger partial charge in [-0.05, 0) is 49.6 Å². The minimum absolute atomic E-state index is 0.231. The van der Waals surface area contributed by atoms with Gasteiger partial charge in [0.25, 0.3) is 0 Å². The highest BCUT2D eigenvalue weighted by molar-refractivity contribution is 8.05. The molecule has 1 saturated carbocycles. The van der Waals surface area contributed by atoms with Crippen molar-refractivity contribution in [2.24, 2.45) is 5.41 Å². The Bertz CT molecular complexity index is 1070. The molecular weight excluding hydrogens is 433 g/mol. The number of rotatable bonds is 7. The Morgan fingerprint density at radius 2 is 1.78 bits per heavy atom. The zero-order chi connectivity index (χ0) is 22.7. The SMILES string of the molecule is CCOC(=O)C1=C(c2ccccc2)NC(NC(=O)C2(C(=O)Nc3ccc(F)cc3)CC2)S1. The van der Waals surface area contributed by atoms with Crippen LogP contribution in [0.15, 0.2) is 59.5 Å². The number of thioether (sulfide) groups is 1. The summed E-state index contributed by atoms with van der Waals surface area (Å²) in [5, 5.41) is 8.66. The Balaban J connectivity index is 1.45. The van der Waals surface area contributed by atoms with Gasteiger partial charge >= 0.3 is 5.97 Å². The van der Waals surface area contributed by atoms with Crippen molar-refractivity contribution in [2.45, 2.75) is 25.3 Å². The van der Waals surface area contributed by atoms with Crippen molar-refractivity contribution in [1.82, 2.24) is 10.6 Å². The molecule has 166 valence electrons. The Morgan fingerprint density at radius 1 is 1.09 bits per heavy atom. The maximum Gasteiger partial charge on any atom is 0.346 e. The van der Waals surface area contributed by atoms with Crippen LogP contribution >= 0.6 is 11.8 Å². The Morgan fingerprint density at radius 3 is 2.41 bits per heavy atom. The molecule has 0 radical (unpaired) electrons. The van der Waals surface area contributed by atoms with E-state index in [0.29, 0.717) is 29.1 Å². The van der Waals surface area contributed by atoms with Crippen molar-refractivity contribution in [3.05, 3.63) is 70.9 Å². The van der Waals surface area contributed by atoms with Gasteiger partial charge in [0.1, 0.15) is 16.1 Å². The third-order valence-electron chi connectivity index (χ3n) is 5.25. The molecule has 1 aliphatic heterocycles. The molecule has 7 nitrogen and oxygen atoms in total. The van der Waals surface area contributed by atoms with Crippen LogP contribution in [0.3, 0.4) is 0 Å². The molecule has 0 aromatic heterocycles. The quantitative estimate of drug-likeness (QED) is 0.438. The average molecular weight is 456 g/mol. The van der Waals surface area contributed by atoms with Gasteiger partial charge in [-0.3, -0.25) is 9.59 Å². The zero-order valence-electron chi connectivity index (χ0n) is 17.3. The fourth-order valence-electron chi connectivity index (χ4n) is 3.36. The number of anilines is 1. The normalized spacial score (nSPS) is 18.5. The lowest BCUT2D eigenvalue weighted by atomic mass is 10.1. The highest BCUT2D eigenvalue weighted by Crippen LogP contribution is 2.47. The summed E-state index contributed by atoms with van der Waals surface area (Å²) in [6.45, 7) is 1.96. The highest BCUT2D eigenvalue weighted by atomic mass is 32.2. The van der Waals surface area contributed by atoms with Gasteiger partial charge in [0, 0.05) is 5.69 Å². The van der Waals surface area contributed by atoms with Crippen LogP contribution in [-0.4, -0.2) is 29.9 Å². The second-order valence-corrected chi connectivity index (χ2v) is 8.56. The predicted octanol–water partition coefficient (Wildman–Crippen LogP) is 3.21. The van der Waals surface area contributed by atoms with Crippen LogP contribution in [0.5, 0.6) is 0 Å². The highest BCUT2D eigenvalue weighted by Gasteiger charge is 2.57. The lowest BCUT2D eigenvalue weighted by Crippen LogP contribution is -2.47. The van der Waals surface area contributed by atoms with E-state index in [1.807, 2.05) is 30.3 Å². The monoisotopic (exact) mass is 455 g/mol. The second-order valence-electron chi connectivity index (χ2n) is 7.45. The van der Waals surface area contributed by atoms with Gasteiger partial charge < -0.3 is 20.7 Å². The smallest absolute Gasteiger partial charge is 0.346 e. The third kappa shape index (κ3) is 4.47. The zero-order valence-corrected chi connectivity index (χ0v) is 18.1. The molecule has 0 spiro atoms. The molecule has 32 heavy (non-hydrogen) atoms. The summed E-state index contributed by atoms with van der Waals surface area (Å²) in [7, 11) is 0. The maximum absolute atomic E-state index is 13.1.